The van der Waals surface area contributed by atoms with Crippen LogP contribution in [-0.4, -0.2) is 54.6 Å². The predicted octanol–water partition coefficient (Wildman–Crippen LogP) is 0.780. The van der Waals surface area contributed by atoms with E-state index in [0.717, 1.165) is 24.1 Å². The summed E-state index contributed by atoms with van der Waals surface area (Å²) in [7, 11) is 2.53. The van der Waals surface area contributed by atoms with Gasteiger partial charge in [0.2, 0.25) is 0 Å². The number of hydrogen-bond donors (Lipinski definition) is 2. The first kappa shape index (κ1) is 18.6. The average molecular weight is 326 g/mol. The summed E-state index contributed by atoms with van der Waals surface area (Å²) in [6, 6.07) is 3.30. The van der Waals surface area contributed by atoms with Gasteiger partial charge in [0.1, 0.15) is 5.82 Å². The van der Waals surface area contributed by atoms with Crippen LogP contribution in [0.3, 0.4) is 0 Å². The van der Waals surface area contributed by atoms with Crippen LogP contribution in [0.1, 0.15) is 23.7 Å². The molecule has 0 saturated carbocycles. The van der Waals surface area contributed by atoms with E-state index in [2.05, 4.69) is 10.1 Å². The fourth-order valence-corrected chi connectivity index (χ4v) is 1.71. The Labute approximate surface area is 133 Å². The number of carbonyl (C=O) groups excluding carboxylic acids is 3. The number of methoxy groups -OCH3 is 1. The fourth-order valence-electron chi connectivity index (χ4n) is 1.71. The third-order valence-corrected chi connectivity index (χ3v) is 3.05. The molecule has 1 atom stereocenters. The highest BCUT2D eigenvalue weighted by Crippen LogP contribution is 2.16. The van der Waals surface area contributed by atoms with E-state index in [1.807, 2.05) is 0 Å². The van der Waals surface area contributed by atoms with Gasteiger partial charge >= 0.3 is 17.8 Å². The lowest BCUT2D eigenvalue weighted by molar-refractivity contribution is -0.142. The molecule has 0 bridgehead atoms. The number of anilines is 1. The third-order valence-electron chi connectivity index (χ3n) is 3.05. The van der Waals surface area contributed by atoms with Gasteiger partial charge in [0.25, 0.3) is 0 Å². The minimum absolute atomic E-state index is 0.0917. The van der Waals surface area contributed by atoms with E-state index in [0.29, 0.717) is 6.42 Å². The van der Waals surface area contributed by atoms with Crippen molar-refractivity contribution in [2.24, 2.45) is 0 Å². The number of hydrogen-bond acceptors (Lipinski definition) is 5. The smallest absolute Gasteiger partial charge is 0.340 e. The number of carbonyl (C=O) groups is 3. The van der Waals surface area contributed by atoms with Crippen molar-refractivity contribution in [2.75, 3.05) is 26.0 Å². The first-order valence-corrected chi connectivity index (χ1v) is 6.88. The van der Waals surface area contributed by atoms with Crippen LogP contribution >= 0.6 is 0 Å². The molecule has 0 spiro atoms. The van der Waals surface area contributed by atoms with Crippen LogP contribution in [0.4, 0.5) is 10.1 Å². The molecule has 0 aromatic heterocycles. The topological polar surface area (TPSA) is 95.9 Å². The molecule has 2 amide bonds. The number of rotatable bonds is 5. The molecule has 7 nitrogen and oxygen atoms in total. The first-order chi connectivity index (χ1) is 10.8. The van der Waals surface area contributed by atoms with E-state index in [1.54, 1.807) is 6.92 Å². The second-order valence-electron chi connectivity index (χ2n) is 5.00. The molecule has 0 fully saturated rings. The molecule has 0 aliphatic carbocycles. The quantitative estimate of drug-likeness (QED) is 0.616. The van der Waals surface area contributed by atoms with Crippen LogP contribution in [0, 0.1) is 5.82 Å². The lowest BCUT2D eigenvalue weighted by Gasteiger charge is -2.17. The lowest BCUT2D eigenvalue weighted by atomic mass is 10.2. The maximum absolute atomic E-state index is 13.5. The predicted molar refractivity (Wildman–Crippen MR) is 80.3 cm³/mol. The Morgan fingerprint density at radius 3 is 2.61 bits per heavy atom. The highest BCUT2D eigenvalue weighted by Gasteiger charge is 2.20. The van der Waals surface area contributed by atoms with Gasteiger partial charge in [-0.05, 0) is 31.5 Å². The number of nitrogens with zero attached hydrogens (tertiary/aromatic N) is 1. The SMILES string of the molecule is COC(=O)c1cc(NC(=O)C(=O)N(C)CC[C@@H](C)O)ccc1F. The number of benzene rings is 1. The van der Waals surface area contributed by atoms with Gasteiger partial charge in [-0.1, -0.05) is 0 Å². The molecule has 1 rings (SSSR count). The maximum atomic E-state index is 13.5. The molecular weight excluding hydrogens is 307 g/mol. The standard InChI is InChI=1S/C15H19FN2O5/c1-9(19)6-7-18(2)14(21)13(20)17-10-4-5-12(16)11(8-10)15(22)23-3/h4-5,8-9,19H,6-7H2,1-3H3,(H,17,20)/t9-/m1/s1. The van der Waals surface area contributed by atoms with Gasteiger partial charge in [0.05, 0.1) is 18.8 Å². The highest BCUT2D eigenvalue weighted by atomic mass is 19.1. The maximum Gasteiger partial charge on any atom is 0.340 e. The van der Waals surface area contributed by atoms with Crippen molar-refractivity contribution in [3.05, 3.63) is 29.6 Å². The fraction of sp³-hybridized carbons (Fsp3) is 0.400. The third kappa shape index (κ3) is 5.33. The van der Waals surface area contributed by atoms with Crippen molar-refractivity contribution in [3.63, 3.8) is 0 Å². The van der Waals surface area contributed by atoms with Gasteiger partial charge in [-0.2, -0.15) is 0 Å². The van der Waals surface area contributed by atoms with Crippen molar-refractivity contribution in [2.45, 2.75) is 19.4 Å². The largest absolute Gasteiger partial charge is 0.465 e. The number of likely N-dealkylation sites (N-methyl/N-ethyl adjacent to an activating group) is 1. The Hall–Kier alpha value is -2.48. The van der Waals surface area contributed by atoms with E-state index in [1.165, 1.54) is 13.1 Å². The number of amides is 2. The minimum Gasteiger partial charge on any atom is -0.465 e. The van der Waals surface area contributed by atoms with Crippen molar-refractivity contribution in [3.8, 4) is 0 Å². The number of aliphatic hydroxyl groups excluding tert-OH is 1. The zero-order chi connectivity index (χ0) is 17.6. The van der Waals surface area contributed by atoms with Crippen molar-refractivity contribution < 1.29 is 28.6 Å². The van der Waals surface area contributed by atoms with E-state index in [4.69, 9.17) is 0 Å². The van der Waals surface area contributed by atoms with Gasteiger partial charge in [-0.15, -0.1) is 0 Å². The second-order valence-corrected chi connectivity index (χ2v) is 5.00. The normalized spacial score (nSPS) is 11.5. The molecule has 126 valence electrons. The summed E-state index contributed by atoms with van der Waals surface area (Å²) in [6.45, 7) is 1.78. The highest BCUT2D eigenvalue weighted by molar-refractivity contribution is 6.39. The summed E-state index contributed by atoms with van der Waals surface area (Å²) in [5.41, 5.74) is -0.255. The summed E-state index contributed by atoms with van der Waals surface area (Å²) >= 11 is 0. The summed E-state index contributed by atoms with van der Waals surface area (Å²) in [4.78, 5) is 36.3. The van der Waals surface area contributed by atoms with E-state index in [-0.39, 0.29) is 17.8 Å². The van der Waals surface area contributed by atoms with Crippen LogP contribution in [0.25, 0.3) is 0 Å². The minimum atomic E-state index is -0.930. The molecule has 0 aliphatic rings. The number of esters is 1. The van der Waals surface area contributed by atoms with E-state index in [9.17, 15) is 23.9 Å². The number of aliphatic hydroxyl groups is 1. The molecule has 23 heavy (non-hydrogen) atoms. The summed E-state index contributed by atoms with van der Waals surface area (Å²) in [5, 5.41) is 11.5. The molecule has 1 aromatic rings. The summed E-state index contributed by atoms with van der Waals surface area (Å²) in [5.74, 6) is -3.43. The van der Waals surface area contributed by atoms with Crippen molar-refractivity contribution >= 4 is 23.5 Å². The Morgan fingerprint density at radius 2 is 2.04 bits per heavy atom. The Bertz CT molecular complexity index is 604. The van der Waals surface area contributed by atoms with Crippen LogP contribution < -0.4 is 5.32 Å². The molecule has 8 heteroatoms. The van der Waals surface area contributed by atoms with Gasteiger partial charge in [0.15, 0.2) is 0 Å². The van der Waals surface area contributed by atoms with Crippen molar-refractivity contribution in [1.29, 1.82) is 0 Å². The van der Waals surface area contributed by atoms with Gasteiger partial charge in [-0.25, -0.2) is 9.18 Å². The zero-order valence-corrected chi connectivity index (χ0v) is 13.1. The Morgan fingerprint density at radius 1 is 1.39 bits per heavy atom. The number of nitrogens with one attached hydrogen (secondary N) is 1. The zero-order valence-electron chi connectivity index (χ0n) is 13.1. The van der Waals surface area contributed by atoms with Gasteiger partial charge < -0.3 is 20.1 Å². The van der Waals surface area contributed by atoms with E-state index >= 15 is 0 Å². The van der Waals surface area contributed by atoms with E-state index < -0.39 is 29.7 Å². The van der Waals surface area contributed by atoms with Gasteiger partial charge in [-0.3, -0.25) is 9.59 Å². The molecular formula is C15H19FN2O5. The first-order valence-electron chi connectivity index (χ1n) is 6.88. The second kappa shape index (κ2) is 8.23. The van der Waals surface area contributed by atoms with Crippen LogP contribution in [-0.2, 0) is 14.3 Å². The molecule has 1 aromatic carbocycles. The molecule has 0 saturated heterocycles. The van der Waals surface area contributed by atoms with Crippen LogP contribution in [0.2, 0.25) is 0 Å². The molecule has 0 unspecified atom stereocenters. The Balaban J connectivity index is 2.77. The van der Waals surface area contributed by atoms with Gasteiger partial charge in [0, 0.05) is 19.3 Å². The summed E-state index contributed by atoms with van der Waals surface area (Å²) < 4.78 is 17.9. The monoisotopic (exact) mass is 326 g/mol. The molecule has 0 aliphatic heterocycles. The molecule has 2 N–H and O–H groups in total. The van der Waals surface area contributed by atoms with Crippen LogP contribution in [0.15, 0.2) is 18.2 Å². The molecule has 0 heterocycles. The Kier molecular flexibility index (Phi) is 6.65. The number of halogens is 1. The lowest BCUT2D eigenvalue weighted by Crippen LogP contribution is -2.38. The number of ether oxygens (including phenoxy) is 1. The van der Waals surface area contributed by atoms with Crippen LogP contribution in [0.5, 0.6) is 0 Å². The average Bonchev–Trinajstić information content (AvgIpc) is 2.52. The van der Waals surface area contributed by atoms with Crippen molar-refractivity contribution in [1.82, 2.24) is 4.90 Å². The summed E-state index contributed by atoms with van der Waals surface area (Å²) in [6.07, 6.45) is -0.258. The molecule has 0 radical (unpaired) electrons.